The molecule has 1 saturated heterocycles. The van der Waals surface area contributed by atoms with Crippen molar-refractivity contribution in [3.8, 4) is 0 Å². The van der Waals surface area contributed by atoms with Crippen molar-refractivity contribution in [1.82, 2.24) is 15.1 Å². The minimum absolute atomic E-state index is 0.123. The first kappa shape index (κ1) is 13.1. The highest BCUT2D eigenvalue weighted by molar-refractivity contribution is 5.76. The summed E-state index contributed by atoms with van der Waals surface area (Å²) in [5.41, 5.74) is 1.11. The average molecular weight is 251 g/mol. The first-order valence-corrected chi connectivity index (χ1v) is 6.56. The summed E-state index contributed by atoms with van der Waals surface area (Å²) in [6, 6.07) is 0. The van der Waals surface area contributed by atoms with Gasteiger partial charge in [0.25, 0.3) is 0 Å². The van der Waals surface area contributed by atoms with Crippen molar-refractivity contribution >= 4 is 5.91 Å². The van der Waals surface area contributed by atoms with Gasteiger partial charge in [-0.1, -0.05) is 0 Å². The van der Waals surface area contributed by atoms with Gasteiger partial charge in [0.2, 0.25) is 5.91 Å². The van der Waals surface area contributed by atoms with Crippen molar-refractivity contribution < 1.29 is 9.53 Å². The molecule has 5 nitrogen and oxygen atoms in total. The maximum absolute atomic E-state index is 11.6. The number of nitrogens with zero attached hydrogens (tertiary/aromatic N) is 2. The Morgan fingerprint density at radius 3 is 3.22 bits per heavy atom. The SMILES string of the molecule is Cn1cc(CCC(=O)NCC[C@@H]2CCOC2)cn1. The van der Waals surface area contributed by atoms with Crippen molar-refractivity contribution in [2.75, 3.05) is 19.8 Å². The molecule has 100 valence electrons. The lowest BCUT2D eigenvalue weighted by Gasteiger charge is -2.08. The van der Waals surface area contributed by atoms with Crippen LogP contribution in [0.25, 0.3) is 0 Å². The summed E-state index contributed by atoms with van der Waals surface area (Å²) in [4.78, 5) is 11.6. The molecule has 1 aromatic heterocycles. The third-order valence-electron chi connectivity index (χ3n) is 3.30. The van der Waals surface area contributed by atoms with Crippen LogP contribution >= 0.6 is 0 Å². The van der Waals surface area contributed by atoms with Gasteiger partial charge >= 0.3 is 0 Å². The molecule has 0 aromatic carbocycles. The quantitative estimate of drug-likeness (QED) is 0.817. The largest absolute Gasteiger partial charge is 0.381 e. The van der Waals surface area contributed by atoms with Gasteiger partial charge in [-0.2, -0.15) is 5.10 Å². The van der Waals surface area contributed by atoms with Crippen LogP contribution in [0.15, 0.2) is 12.4 Å². The van der Waals surface area contributed by atoms with Gasteiger partial charge in [0, 0.05) is 39.4 Å². The second kappa shape index (κ2) is 6.54. The second-order valence-electron chi connectivity index (χ2n) is 4.89. The van der Waals surface area contributed by atoms with E-state index < -0.39 is 0 Å². The van der Waals surface area contributed by atoms with Crippen LogP contribution in [-0.2, 0) is 23.0 Å². The van der Waals surface area contributed by atoms with Crippen LogP contribution in [0.4, 0.5) is 0 Å². The molecular weight excluding hydrogens is 230 g/mol. The molecule has 0 aliphatic carbocycles. The van der Waals surface area contributed by atoms with Gasteiger partial charge in [0.15, 0.2) is 0 Å². The number of carbonyl (C=O) groups is 1. The molecule has 1 amide bonds. The van der Waals surface area contributed by atoms with E-state index in [9.17, 15) is 4.79 Å². The van der Waals surface area contributed by atoms with E-state index in [-0.39, 0.29) is 5.91 Å². The lowest BCUT2D eigenvalue weighted by atomic mass is 10.1. The minimum Gasteiger partial charge on any atom is -0.381 e. The highest BCUT2D eigenvalue weighted by Gasteiger charge is 2.15. The molecule has 0 radical (unpaired) electrons. The van der Waals surface area contributed by atoms with E-state index in [1.165, 1.54) is 0 Å². The number of nitrogens with one attached hydrogen (secondary N) is 1. The molecule has 1 aliphatic heterocycles. The van der Waals surface area contributed by atoms with E-state index in [4.69, 9.17) is 4.74 Å². The number of hydrogen-bond acceptors (Lipinski definition) is 3. The molecule has 1 N–H and O–H groups in total. The van der Waals surface area contributed by atoms with Crippen molar-refractivity contribution in [2.24, 2.45) is 13.0 Å². The Balaban J connectivity index is 1.57. The molecule has 1 atom stereocenters. The monoisotopic (exact) mass is 251 g/mol. The van der Waals surface area contributed by atoms with Gasteiger partial charge in [0.1, 0.15) is 0 Å². The van der Waals surface area contributed by atoms with Crippen LogP contribution in [0.3, 0.4) is 0 Å². The predicted octanol–water partition coefficient (Wildman–Crippen LogP) is 0.895. The molecule has 1 fully saturated rings. The van der Waals surface area contributed by atoms with Crippen LogP contribution in [0.2, 0.25) is 0 Å². The summed E-state index contributed by atoms with van der Waals surface area (Å²) in [7, 11) is 1.88. The first-order chi connectivity index (χ1) is 8.74. The first-order valence-electron chi connectivity index (χ1n) is 6.56. The zero-order valence-electron chi connectivity index (χ0n) is 10.9. The third-order valence-corrected chi connectivity index (χ3v) is 3.30. The van der Waals surface area contributed by atoms with Crippen molar-refractivity contribution in [1.29, 1.82) is 0 Å². The van der Waals surface area contributed by atoms with Crippen molar-refractivity contribution in [2.45, 2.75) is 25.7 Å². The molecule has 0 unspecified atom stereocenters. The van der Waals surface area contributed by atoms with Crippen LogP contribution in [-0.4, -0.2) is 35.4 Å². The average Bonchev–Trinajstić information content (AvgIpc) is 2.98. The van der Waals surface area contributed by atoms with Crippen LogP contribution in [0, 0.1) is 5.92 Å². The molecule has 1 aromatic rings. The Bertz CT molecular complexity index is 383. The highest BCUT2D eigenvalue weighted by atomic mass is 16.5. The molecule has 1 aliphatic rings. The Morgan fingerprint density at radius 1 is 1.67 bits per heavy atom. The van der Waals surface area contributed by atoms with Gasteiger partial charge < -0.3 is 10.1 Å². The topological polar surface area (TPSA) is 56.2 Å². The number of aryl methyl sites for hydroxylation is 2. The van der Waals surface area contributed by atoms with E-state index in [0.29, 0.717) is 12.3 Å². The molecule has 0 bridgehead atoms. The summed E-state index contributed by atoms with van der Waals surface area (Å²) in [6.07, 6.45) is 7.20. The lowest BCUT2D eigenvalue weighted by molar-refractivity contribution is -0.121. The number of aromatic nitrogens is 2. The Hall–Kier alpha value is -1.36. The van der Waals surface area contributed by atoms with Gasteiger partial charge in [-0.05, 0) is 30.7 Å². The number of amides is 1. The lowest BCUT2D eigenvalue weighted by Crippen LogP contribution is -2.26. The van der Waals surface area contributed by atoms with Gasteiger partial charge in [-0.25, -0.2) is 0 Å². The van der Waals surface area contributed by atoms with E-state index in [0.717, 1.165) is 44.6 Å². The van der Waals surface area contributed by atoms with Crippen molar-refractivity contribution in [3.05, 3.63) is 18.0 Å². The summed E-state index contributed by atoms with van der Waals surface area (Å²) >= 11 is 0. The summed E-state index contributed by atoms with van der Waals surface area (Å²) in [5, 5.41) is 7.04. The summed E-state index contributed by atoms with van der Waals surface area (Å²) < 4.78 is 7.06. The standard InChI is InChI=1S/C13H21N3O2/c1-16-9-12(8-15-16)2-3-13(17)14-6-4-11-5-7-18-10-11/h8-9,11H,2-7,10H2,1H3,(H,14,17)/t11-/m1/s1. The number of rotatable bonds is 6. The molecule has 2 heterocycles. The normalized spacial score (nSPS) is 19.1. The summed E-state index contributed by atoms with van der Waals surface area (Å²) in [5.74, 6) is 0.751. The zero-order chi connectivity index (χ0) is 12.8. The fourth-order valence-electron chi connectivity index (χ4n) is 2.17. The Kier molecular flexibility index (Phi) is 4.75. The van der Waals surface area contributed by atoms with E-state index in [2.05, 4.69) is 10.4 Å². The second-order valence-corrected chi connectivity index (χ2v) is 4.89. The van der Waals surface area contributed by atoms with E-state index >= 15 is 0 Å². The minimum atomic E-state index is 0.123. The van der Waals surface area contributed by atoms with Crippen molar-refractivity contribution in [3.63, 3.8) is 0 Å². The Morgan fingerprint density at radius 2 is 2.56 bits per heavy atom. The maximum Gasteiger partial charge on any atom is 0.220 e. The third kappa shape index (κ3) is 4.14. The number of carbonyl (C=O) groups excluding carboxylic acids is 1. The molecule has 0 spiro atoms. The van der Waals surface area contributed by atoms with Gasteiger partial charge in [-0.15, -0.1) is 0 Å². The van der Waals surface area contributed by atoms with Crippen LogP contribution < -0.4 is 5.32 Å². The van der Waals surface area contributed by atoms with Crippen LogP contribution in [0.1, 0.15) is 24.8 Å². The van der Waals surface area contributed by atoms with Gasteiger partial charge in [0.05, 0.1) is 6.20 Å². The molecular formula is C13H21N3O2. The highest BCUT2D eigenvalue weighted by Crippen LogP contribution is 2.15. The number of hydrogen-bond donors (Lipinski definition) is 1. The maximum atomic E-state index is 11.6. The van der Waals surface area contributed by atoms with E-state index in [1.54, 1.807) is 4.68 Å². The fraction of sp³-hybridized carbons (Fsp3) is 0.692. The van der Waals surface area contributed by atoms with E-state index in [1.807, 2.05) is 19.4 Å². The number of ether oxygens (including phenoxy) is 1. The molecule has 2 rings (SSSR count). The van der Waals surface area contributed by atoms with Gasteiger partial charge in [-0.3, -0.25) is 9.48 Å². The molecule has 18 heavy (non-hydrogen) atoms. The smallest absolute Gasteiger partial charge is 0.220 e. The summed E-state index contributed by atoms with van der Waals surface area (Å²) in [6.45, 7) is 2.49. The Labute approximate surface area is 108 Å². The molecule has 0 saturated carbocycles. The molecule has 5 heteroatoms. The fourth-order valence-corrected chi connectivity index (χ4v) is 2.17. The predicted molar refractivity (Wildman–Crippen MR) is 68.1 cm³/mol. The zero-order valence-corrected chi connectivity index (χ0v) is 10.9. The van der Waals surface area contributed by atoms with Crippen LogP contribution in [0.5, 0.6) is 0 Å².